The Morgan fingerprint density at radius 2 is 2.15 bits per heavy atom. The first kappa shape index (κ1) is 16.2. The molecule has 1 rings (SSSR count). The van der Waals surface area contributed by atoms with Crippen LogP contribution >= 0.6 is 0 Å². The summed E-state index contributed by atoms with van der Waals surface area (Å²) in [7, 11) is 0. The topological polar surface area (TPSA) is 76.1 Å². The van der Waals surface area contributed by atoms with Crippen molar-refractivity contribution in [2.45, 2.75) is 46.6 Å². The average molecular weight is 280 g/mol. The molecule has 0 aromatic carbocycles. The van der Waals surface area contributed by atoms with Gasteiger partial charge in [-0.15, -0.1) is 0 Å². The highest BCUT2D eigenvalue weighted by Gasteiger charge is 2.06. The predicted octanol–water partition coefficient (Wildman–Crippen LogP) is 1.90. The van der Waals surface area contributed by atoms with Crippen molar-refractivity contribution in [1.29, 1.82) is 0 Å². The van der Waals surface area contributed by atoms with Crippen molar-refractivity contribution >= 4 is 11.9 Å². The van der Waals surface area contributed by atoms with E-state index in [-0.39, 0.29) is 11.9 Å². The number of carbonyl (C=O) groups excluding carboxylic acids is 1. The van der Waals surface area contributed by atoms with E-state index in [0.717, 1.165) is 12.1 Å². The molecule has 1 atom stereocenters. The first-order valence-corrected chi connectivity index (χ1v) is 7.06. The van der Waals surface area contributed by atoms with Gasteiger partial charge in [-0.2, -0.15) is 4.98 Å². The fraction of sp³-hybridized carbons (Fsp3) is 0.643. The summed E-state index contributed by atoms with van der Waals surface area (Å²) >= 11 is 0. The number of hydrogen-bond donors (Lipinski definition) is 2. The van der Waals surface area contributed by atoms with Crippen molar-refractivity contribution < 1.29 is 9.53 Å². The molecule has 0 aliphatic carbocycles. The lowest BCUT2D eigenvalue weighted by Crippen LogP contribution is -2.33. The van der Waals surface area contributed by atoms with Gasteiger partial charge >= 0.3 is 0 Å². The summed E-state index contributed by atoms with van der Waals surface area (Å²) in [5, 5.41) is 5.96. The molecule has 0 aliphatic heterocycles. The molecule has 112 valence electrons. The average Bonchev–Trinajstić information content (AvgIpc) is 2.38. The summed E-state index contributed by atoms with van der Waals surface area (Å²) in [6, 6.07) is 1.99. The van der Waals surface area contributed by atoms with E-state index in [1.807, 2.05) is 27.7 Å². The molecular formula is C14H24N4O2. The lowest BCUT2D eigenvalue weighted by molar-refractivity contribution is -0.121. The lowest BCUT2D eigenvalue weighted by Gasteiger charge is -2.12. The number of hydrogen-bond acceptors (Lipinski definition) is 5. The molecule has 1 amide bonds. The van der Waals surface area contributed by atoms with Crippen LogP contribution in [0.3, 0.4) is 0 Å². The zero-order valence-electron chi connectivity index (χ0n) is 12.7. The third-order valence-corrected chi connectivity index (χ3v) is 2.78. The molecule has 0 fully saturated rings. The number of rotatable bonds is 8. The zero-order chi connectivity index (χ0) is 15.0. The molecule has 2 N–H and O–H groups in total. The molecule has 1 aromatic heterocycles. The van der Waals surface area contributed by atoms with E-state index in [4.69, 9.17) is 4.74 Å². The highest BCUT2D eigenvalue weighted by Crippen LogP contribution is 2.11. The summed E-state index contributed by atoms with van der Waals surface area (Å²) in [6.45, 7) is 8.88. The maximum atomic E-state index is 11.6. The fourth-order valence-corrected chi connectivity index (χ4v) is 1.58. The van der Waals surface area contributed by atoms with Gasteiger partial charge in [0.05, 0.1) is 6.61 Å². The SMILES string of the molecule is CCOc1cc(C)nc(NCCC(=O)NC(C)CC)n1. The van der Waals surface area contributed by atoms with Crippen LogP contribution in [-0.2, 0) is 4.79 Å². The minimum absolute atomic E-state index is 0.0320. The Bertz CT molecular complexity index is 437. The number of carbonyl (C=O) groups is 1. The smallest absolute Gasteiger partial charge is 0.226 e. The van der Waals surface area contributed by atoms with Gasteiger partial charge in [-0.3, -0.25) is 4.79 Å². The van der Waals surface area contributed by atoms with Crippen molar-refractivity contribution in [3.63, 3.8) is 0 Å². The Labute approximate surface area is 120 Å². The second kappa shape index (κ2) is 8.35. The first-order chi connectivity index (χ1) is 9.55. The minimum Gasteiger partial charge on any atom is -0.478 e. The van der Waals surface area contributed by atoms with Gasteiger partial charge < -0.3 is 15.4 Å². The van der Waals surface area contributed by atoms with Crippen LogP contribution in [0, 0.1) is 6.92 Å². The number of ether oxygens (including phenoxy) is 1. The Morgan fingerprint density at radius 3 is 2.80 bits per heavy atom. The molecule has 6 nitrogen and oxygen atoms in total. The predicted molar refractivity (Wildman–Crippen MR) is 78.9 cm³/mol. The molecule has 1 unspecified atom stereocenters. The summed E-state index contributed by atoms with van der Waals surface area (Å²) < 4.78 is 5.35. The molecule has 6 heteroatoms. The van der Waals surface area contributed by atoms with Gasteiger partial charge in [-0.25, -0.2) is 4.98 Å². The normalized spacial score (nSPS) is 11.8. The first-order valence-electron chi connectivity index (χ1n) is 7.06. The lowest BCUT2D eigenvalue weighted by atomic mass is 10.2. The van der Waals surface area contributed by atoms with Crippen LogP contribution in [0.25, 0.3) is 0 Å². The van der Waals surface area contributed by atoms with Crippen LogP contribution in [0.15, 0.2) is 6.07 Å². The largest absolute Gasteiger partial charge is 0.478 e. The van der Waals surface area contributed by atoms with Gasteiger partial charge in [0.1, 0.15) is 0 Å². The molecule has 1 aromatic rings. The third kappa shape index (κ3) is 5.86. The van der Waals surface area contributed by atoms with E-state index in [1.165, 1.54) is 0 Å². The molecule has 0 saturated heterocycles. The van der Waals surface area contributed by atoms with Crippen LogP contribution in [0.5, 0.6) is 5.88 Å². The Balaban J connectivity index is 2.43. The van der Waals surface area contributed by atoms with Crippen molar-refractivity contribution in [2.75, 3.05) is 18.5 Å². The van der Waals surface area contributed by atoms with E-state index >= 15 is 0 Å². The van der Waals surface area contributed by atoms with Crippen molar-refractivity contribution in [3.05, 3.63) is 11.8 Å². The third-order valence-electron chi connectivity index (χ3n) is 2.78. The second-order valence-corrected chi connectivity index (χ2v) is 4.66. The van der Waals surface area contributed by atoms with Crippen LogP contribution < -0.4 is 15.4 Å². The van der Waals surface area contributed by atoms with Gasteiger partial charge in [-0.1, -0.05) is 6.92 Å². The highest BCUT2D eigenvalue weighted by molar-refractivity contribution is 5.76. The Kier molecular flexibility index (Phi) is 6.76. The van der Waals surface area contributed by atoms with E-state index in [0.29, 0.717) is 31.4 Å². The van der Waals surface area contributed by atoms with Crippen LogP contribution in [0.2, 0.25) is 0 Å². The molecule has 0 radical (unpaired) electrons. The van der Waals surface area contributed by atoms with Crippen molar-refractivity contribution in [2.24, 2.45) is 0 Å². The number of aryl methyl sites for hydroxylation is 1. The number of anilines is 1. The van der Waals surface area contributed by atoms with Crippen molar-refractivity contribution in [1.82, 2.24) is 15.3 Å². The molecular weight excluding hydrogens is 256 g/mol. The van der Waals surface area contributed by atoms with Crippen molar-refractivity contribution in [3.8, 4) is 5.88 Å². The quantitative estimate of drug-likeness (QED) is 0.760. The number of amides is 1. The monoisotopic (exact) mass is 280 g/mol. The number of nitrogens with zero attached hydrogens (tertiary/aromatic N) is 2. The molecule has 0 bridgehead atoms. The number of aromatic nitrogens is 2. The van der Waals surface area contributed by atoms with Gasteiger partial charge in [0.2, 0.25) is 17.7 Å². The van der Waals surface area contributed by atoms with Gasteiger partial charge in [0, 0.05) is 30.8 Å². The number of nitrogens with one attached hydrogen (secondary N) is 2. The Hall–Kier alpha value is -1.85. The molecule has 0 saturated carbocycles. The summed E-state index contributed by atoms with van der Waals surface area (Å²) in [5.74, 6) is 1.07. The molecule has 20 heavy (non-hydrogen) atoms. The van der Waals surface area contributed by atoms with Gasteiger partial charge in [0.25, 0.3) is 0 Å². The maximum absolute atomic E-state index is 11.6. The maximum Gasteiger partial charge on any atom is 0.226 e. The summed E-state index contributed by atoms with van der Waals surface area (Å²) in [4.78, 5) is 20.1. The highest BCUT2D eigenvalue weighted by atomic mass is 16.5. The van der Waals surface area contributed by atoms with E-state index < -0.39 is 0 Å². The summed E-state index contributed by atoms with van der Waals surface area (Å²) in [6.07, 6.45) is 1.32. The van der Waals surface area contributed by atoms with E-state index in [9.17, 15) is 4.79 Å². The fourth-order valence-electron chi connectivity index (χ4n) is 1.58. The van der Waals surface area contributed by atoms with Crippen LogP contribution in [-0.4, -0.2) is 35.1 Å². The minimum atomic E-state index is 0.0320. The summed E-state index contributed by atoms with van der Waals surface area (Å²) in [5.41, 5.74) is 0.829. The van der Waals surface area contributed by atoms with Crippen LogP contribution in [0.1, 0.15) is 39.3 Å². The van der Waals surface area contributed by atoms with Crippen LogP contribution in [0.4, 0.5) is 5.95 Å². The van der Waals surface area contributed by atoms with E-state index in [1.54, 1.807) is 6.07 Å². The molecule has 0 aliphatic rings. The van der Waals surface area contributed by atoms with E-state index in [2.05, 4.69) is 20.6 Å². The standard InChI is InChI=1S/C14H24N4O2/c1-5-10(3)16-12(19)7-8-15-14-17-11(4)9-13(18-14)20-6-2/h9-10H,5-8H2,1-4H3,(H,16,19)(H,15,17,18). The molecule has 1 heterocycles. The van der Waals surface area contributed by atoms with Gasteiger partial charge in [0.15, 0.2) is 0 Å². The molecule has 0 spiro atoms. The zero-order valence-corrected chi connectivity index (χ0v) is 12.7. The Morgan fingerprint density at radius 1 is 1.40 bits per heavy atom. The second-order valence-electron chi connectivity index (χ2n) is 4.66. The van der Waals surface area contributed by atoms with Gasteiger partial charge in [-0.05, 0) is 27.2 Å².